The van der Waals surface area contributed by atoms with Crippen molar-refractivity contribution in [2.24, 2.45) is 5.73 Å². The molecule has 1 atom stereocenters. The second-order valence-electron chi connectivity index (χ2n) is 7.02. The van der Waals surface area contributed by atoms with Gasteiger partial charge < -0.3 is 10.6 Å². The average Bonchev–Trinajstić information content (AvgIpc) is 2.63. The number of rotatable bonds is 6. The molecule has 138 valence electrons. The minimum atomic E-state index is 0.333. The topological polar surface area (TPSA) is 32.5 Å². The Morgan fingerprint density at radius 2 is 1.81 bits per heavy atom. The molecule has 1 aliphatic rings. The van der Waals surface area contributed by atoms with E-state index in [-0.39, 0.29) is 0 Å². The zero-order valence-electron chi connectivity index (χ0n) is 15.9. The molecule has 2 N–H and O–H groups in total. The Hall–Kier alpha value is -1.56. The average molecular weight is 386 g/mol. The predicted molar refractivity (Wildman–Crippen MR) is 117 cm³/mol. The molecule has 0 fully saturated rings. The quantitative estimate of drug-likeness (QED) is 0.704. The van der Waals surface area contributed by atoms with Crippen molar-refractivity contribution in [2.45, 2.75) is 49.6 Å². The molecule has 5 heteroatoms. The van der Waals surface area contributed by atoms with Crippen LogP contribution in [0, 0.1) is 0 Å². The summed E-state index contributed by atoms with van der Waals surface area (Å²) in [7, 11) is 0. The monoisotopic (exact) mass is 385 g/mol. The summed E-state index contributed by atoms with van der Waals surface area (Å²) in [5, 5.41) is 0. The van der Waals surface area contributed by atoms with Gasteiger partial charge in [0.1, 0.15) is 4.99 Å². The van der Waals surface area contributed by atoms with Crippen LogP contribution in [0.5, 0.6) is 0 Å². The number of nitrogens with two attached hydrogens (primary N) is 1. The minimum absolute atomic E-state index is 0.333. The Bertz CT molecular complexity index is 804. The largest absolute Gasteiger partial charge is 0.389 e. The highest BCUT2D eigenvalue weighted by Crippen LogP contribution is 2.49. The third-order valence-corrected chi connectivity index (χ3v) is 6.29. The van der Waals surface area contributed by atoms with Gasteiger partial charge in [0, 0.05) is 34.0 Å². The fourth-order valence-corrected chi connectivity index (χ4v) is 4.72. The van der Waals surface area contributed by atoms with Gasteiger partial charge in [0.05, 0.1) is 11.4 Å². The summed E-state index contributed by atoms with van der Waals surface area (Å²) in [5.74, 6) is 0. The van der Waals surface area contributed by atoms with Crippen molar-refractivity contribution in [3.8, 4) is 0 Å². The first kappa shape index (κ1) is 19.2. The molecule has 0 radical (unpaired) electrons. The number of anilines is 2. The number of likely N-dealkylation sites (N-methyl/N-ethyl adjacent to an activating group) is 1. The van der Waals surface area contributed by atoms with Gasteiger partial charge in [-0.2, -0.15) is 0 Å². The number of benzene rings is 2. The summed E-state index contributed by atoms with van der Waals surface area (Å²) in [6, 6.07) is 15.8. The van der Waals surface area contributed by atoms with Crippen LogP contribution in [-0.4, -0.2) is 35.1 Å². The van der Waals surface area contributed by atoms with Crippen molar-refractivity contribution in [1.29, 1.82) is 0 Å². The molecular weight excluding hydrogens is 358 g/mol. The molecular formula is C21H27N3S2. The highest BCUT2D eigenvalue weighted by Gasteiger charge is 2.28. The smallest absolute Gasteiger partial charge is 0.104 e. The third-order valence-electron chi connectivity index (χ3n) is 4.92. The molecule has 1 aliphatic heterocycles. The molecule has 2 aromatic rings. The van der Waals surface area contributed by atoms with Gasteiger partial charge in [-0.25, -0.2) is 0 Å². The van der Waals surface area contributed by atoms with E-state index in [2.05, 4.69) is 73.9 Å². The van der Waals surface area contributed by atoms with Gasteiger partial charge in [0.15, 0.2) is 0 Å². The van der Waals surface area contributed by atoms with Crippen molar-refractivity contribution in [2.75, 3.05) is 18.0 Å². The van der Waals surface area contributed by atoms with E-state index in [1.165, 1.54) is 21.2 Å². The van der Waals surface area contributed by atoms with Crippen molar-refractivity contribution in [3.05, 3.63) is 48.0 Å². The predicted octanol–water partition coefficient (Wildman–Crippen LogP) is 5.04. The normalized spacial score (nSPS) is 14.3. The molecule has 0 spiro atoms. The van der Waals surface area contributed by atoms with E-state index in [9.17, 15) is 0 Å². The van der Waals surface area contributed by atoms with E-state index < -0.39 is 0 Å². The van der Waals surface area contributed by atoms with Gasteiger partial charge in [0.25, 0.3) is 0 Å². The SMILES string of the molecule is CCN(C[C@@H](C)N1c2ccccc2Sc2ccc(C(N)=S)cc21)C(C)C. The van der Waals surface area contributed by atoms with E-state index in [4.69, 9.17) is 18.0 Å². The molecule has 0 saturated heterocycles. The van der Waals surface area contributed by atoms with Crippen LogP contribution >= 0.6 is 24.0 Å². The second-order valence-corrected chi connectivity index (χ2v) is 8.54. The number of nitrogens with zero attached hydrogens (tertiary/aromatic N) is 2. The summed E-state index contributed by atoms with van der Waals surface area (Å²) >= 11 is 7.03. The molecule has 1 heterocycles. The van der Waals surface area contributed by atoms with E-state index >= 15 is 0 Å². The molecule has 0 saturated carbocycles. The lowest BCUT2D eigenvalue weighted by Gasteiger charge is -2.40. The Kier molecular flexibility index (Phi) is 5.90. The zero-order valence-corrected chi connectivity index (χ0v) is 17.5. The lowest BCUT2D eigenvalue weighted by molar-refractivity contribution is 0.222. The summed E-state index contributed by atoms with van der Waals surface area (Å²) in [4.78, 5) is 7.95. The Labute approximate surface area is 166 Å². The van der Waals surface area contributed by atoms with Crippen LogP contribution in [-0.2, 0) is 0 Å². The number of hydrogen-bond acceptors (Lipinski definition) is 4. The molecule has 26 heavy (non-hydrogen) atoms. The highest BCUT2D eigenvalue weighted by atomic mass is 32.2. The van der Waals surface area contributed by atoms with Crippen LogP contribution in [0.2, 0.25) is 0 Å². The summed E-state index contributed by atoms with van der Waals surface area (Å²) in [5.41, 5.74) is 9.29. The number of thiocarbonyl (C=S) groups is 1. The first-order valence-corrected chi connectivity index (χ1v) is 10.4. The molecule has 0 aliphatic carbocycles. The van der Waals surface area contributed by atoms with E-state index in [1.54, 1.807) is 0 Å². The molecule has 3 nitrogen and oxygen atoms in total. The summed E-state index contributed by atoms with van der Waals surface area (Å²) < 4.78 is 0. The number of fused-ring (bicyclic) bond motifs is 2. The minimum Gasteiger partial charge on any atom is -0.389 e. The fourth-order valence-electron chi connectivity index (χ4n) is 3.54. The number of para-hydroxylation sites is 1. The maximum atomic E-state index is 5.90. The van der Waals surface area contributed by atoms with Gasteiger partial charge in [-0.3, -0.25) is 4.90 Å². The van der Waals surface area contributed by atoms with Crippen molar-refractivity contribution >= 4 is 40.3 Å². The molecule has 0 bridgehead atoms. The van der Waals surface area contributed by atoms with E-state index in [1.807, 2.05) is 17.8 Å². The first-order chi connectivity index (χ1) is 12.4. The zero-order chi connectivity index (χ0) is 18.8. The molecule has 0 amide bonds. The second kappa shape index (κ2) is 7.99. The maximum absolute atomic E-state index is 5.90. The maximum Gasteiger partial charge on any atom is 0.104 e. The Morgan fingerprint density at radius 1 is 1.12 bits per heavy atom. The summed E-state index contributed by atoms with van der Waals surface area (Å²) in [6.07, 6.45) is 0. The van der Waals surface area contributed by atoms with Crippen LogP contribution < -0.4 is 10.6 Å². The molecule has 0 aromatic heterocycles. The first-order valence-electron chi connectivity index (χ1n) is 9.16. The number of hydrogen-bond donors (Lipinski definition) is 1. The molecule has 0 unspecified atom stereocenters. The fraction of sp³-hybridized carbons (Fsp3) is 0.381. The van der Waals surface area contributed by atoms with Crippen molar-refractivity contribution in [3.63, 3.8) is 0 Å². The molecule has 3 rings (SSSR count). The van der Waals surface area contributed by atoms with E-state index in [0.29, 0.717) is 17.1 Å². The van der Waals surface area contributed by atoms with E-state index in [0.717, 1.165) is 18.7 Å². The van der Waals surface area contributed by atoms with Gasteiger partial charge in [-0.1, -0.05) is 49.1 Å². The van der Waals surface area contributed by atoms with Crippen LogP contribution in [0.3, 0.4) is 0 Å². The van der Waals surface area contributed by atoms with Crippen molar-refractivity contribution in [1.82, 2.24) is 4.90 Å². The standard InChI is InChI=1S/C21H27N3S2/c1-5-23(14(2)3)13-15(4)24-17-8-6-7-9-19(17)26-20-11-10-16(21(22)25)12-18(20)24/h6-12,14-15H,5,13H2,1-4H3,(H2,22,25)/t15-/m1/s1. The van der Waals surface area contributed by atoms with Crippen LogP contribution in [0.1, 0.15) is 33.3 Å². The van der Waals surface area contributed by atoms with Crippen molar-refractivity contribution < 1.29 is 0 Å². The Balaban J connectivity index is 2.05. The van der Waals surface area contributed by atoms with Gasteiger partial charge in [-0.05, 0) is 51.6 Å². The van der Waals surface area contributed by atoms with Crippen LogP contribution in [0.15, 0.2) is 52.3 Å². The van der Waals surface area contributed by atoms with Gasteiger partial charge in [0.2, 0.25) is 0 Å². The summed E-state index contributed by atoms with van der Waals surface area (Å²) in [6.45, 7) is 11.1. The van der Waals surface area contributed by atoms with Crippen LogP contribution in [0.25, 0.3) is 0 Å². The highest BCUT2D eigenvalue weighted by molar-refractivity contribution is 7.99. The Morgan fingerprint density at radius 3 is 2.46 bits per heavy atom. The van der Waals surface area contributed by atoms with Gasteiger partial charge in [-0.15, -0.1) is 0 Å². The van der Waals surface area contributed by atoms with Crippen LogP contribution in [0.4, 0.5) is 11.4 Å². The lowest BCUT2D eigenvalue weighted by atomic mass is 10.1. The third kappa shape index (κ3) is 3.75. The molecule has 2 aromatic carbocycles. The lowest BCUT2D eigenvalue weighted by Crippen LogP contribution is -2.43. The van der Waals surface area contributed by atoms with Gasteiger partial charge >= 0.3 is 0 Å².